The van der Waals surface area contributed by atoms with Crippen molar-refractivity contribution in [3.05, 3.63) is 118 Å². The topological polar surface area (TPSA) is 42.4 Å². The van der Waals surface area contributed by atoms with Gasteiger partial charge in [-0.1, -0.05) is 78.9 Å². The first-order chi connectivity index (χ1) is 16.0. The molecule has 0 amide bonds. The van der Waals surface area contributed by atoms with Crippen molar-refractivity contribution in [1.29, 1.82) is 0 Å². The predicted molar refractivity (Wildman–Crippen MR) is 134 cm³/mol. The number of para-hydroxylation sites is 1. The highest BCUT2D eigenvalue weighted by Gasteiger charge is 2.36. The summed E-state index contributed by atoms with van der Waals surface area (Å²) in [5, 5.41) is 13.0. The monoisotopic (exact) mass is 459 g/mol. The van der Waals surface area contributed by atoms with Crippen LogP contribution in [0.2, 0.25) is 0 Å². The van der Waals surface area contributed by atoms with Gasteiger partial charge in [0.25, 0.3) is 0 Å². The molecule has 1 heterocycles. The highest BCUT2D eigenvalue weighted by molar-refractivity contribution is 7.11. The van der Waals surface area contributed by atoms with E-state index < -0.39 is 5.60 Å². The van der Waals surface area contributed by atoms with Gasteiger partial charge in [-0.15, -0.1) is 11.3 Å². The van der Waals surface area contributed by atoms with E-state index in [2.05, 4.69) is 14.1 Å². The number of thiazole rings is 1. The van der Waals surface area contributed by atoms with E-state index in [9.17, 15) is 5.11 Å². The van der Waals surface area contributed by atoms with Crippen molar-refractivity contribution < 1.29 is 14.3 Å². The summed E-state index contributed by atoms with van der Waals surface area (Å²) in [6, 6.07) is 29.6. The summed E-state index contributed by atoms with van der Waals surface area (Å²) in [5.74, 6) is 0.911. The smallest absolute Gasteiger partial charge is 0.151 e. The van der Waals surface area contributed by atoms with Crippen LogP contribution in [-0.2, 0) is 12.1 Å². The summed E-state index contributed by atoms with van der Waals surface area (Å²) in [6.07, 6.45) is 2.79. The Morgan fingerprint density at radius 2 is 1.39 bits per heavy atom. The van der Waals surface area contributed by atoms with Crippen LogP contribution in [0.1, 0.15) is 27.4 Å². The molecule has 0 aliphatic carbocycles. The molecule has 33 heavy (non-hydrogen) atoms. The van der Waals surface area contributed by atoms with E-state index in [1.165, 1.54) is 0 Å². The van der Waals surface area contributed by atoms with Crippen LogP contribution < -0.4 is 4.74 Å². The lowest BCUT2D eigenvalue weighted by molar-refractivity contribution is -0.903. The Hall–Kier alpha value is -2.99. The summed E-state index contributed by atoms with van der Waals surface area (Å²) in [4.78, 5) is 5.54. The van der Waals surface area contributed by atoms with Crippen LogP contribution >= 0.6 is 11.3 Å². The molecule has 0 aliphatic rings. The molecule has 4 nitrogen and oxygen atoms in total. The molecule has 0 atom stereocenters. The zero-order chi connectivity index (χ0) is 23.2. The molecule has 170 valence electrons. The SMILES string of the molecule is C[N+](C)(CCCOc1ccccc1)Cc1ncc(C(O)(c2ccccc2)c2ccccc2)s1. The number of quaternary nitrogens is 1. The van der Waals surface area contributed by atoms with Gasteiger partial charge < -0.3 is 14.3 Å². The minimum Gasteiger partial charge on any atom is -0.493 e. The number of benzene rings is 3. The normalized spacial score (nSPS) is 12.0. The third-order valence-electron chi connectivity index (χ3n) is 5.78. The van der Waals surface area contributed by atoms with Crippen LogP contribution in [-0.4, -0.2) is 41.8 Å². The number of ether oxygens (including phenoxy) is 1. The quantitative estimate of drug-likeness (QED) is 0.252. The molecule has 1 N–H and O–H groups in total. The lowest BCUT2D eigenvalue weighted by Crippen LogP contribution is -2.40. The molecular weight excluding hydrogens is 428 g/mol. The standard InChI is InChI=1S/C28H31N2O2S/c1-30(2,19-12-20-32-25-17-10-5-11-18-25)22-27-29-21-26(33-27)28(31,23-13-6-3-7-14-23)24-15-8-4-9-16-24/h3-11,13-18,21,31H,12,19-20,22H2,1-2H3/q+1. The van der Waals surface area contributed by atoms with Gasteiger partial charge in [-0.25, -0.2) is 4.98 Å². The first-order valence-corrected chi connectivity index (χ1v) is 12.1. The lowest BCUT2D eigenvalue weighted by atomic mass is 9.85. The van der Waals surface area contributed by atoms with Gasteiger partial charge in [-0.05, 0) is 23.3 Å². The third-order valence-corrected chi connectivity index (χ3v) is 6.87. The molecule has 3 aromatic carbocycles. The van der Waals surface area contributed by atoms with E-state index in [-0.39, 0.29) is 0 Å². The Balaban J connectivity index is 1.46. The first-order valence-electron chi connectivity index (χ1n) is 11.3. The molecule has 0 bridgehead atoms. The molecule has 0 unspecified atom stereocenters. The molecule has 1 aromatic heterocycles. The number of hydrogen-bond acceptors (Lipinski definition) is 4. The second-order valence-corrected chi connectivity index (χ2v) is 10.0. The molecule has 5 heteroatoms. The molecular formula is C28H31N2O2S+. The first kappa shape index (κ1) is 23.2. The van der Waals surface area contributed by atoms with Gasteiger partial charge in [-0.2, -0.15) is 0 Å². The van der Waals surface area contributed by atoms with Gasteiger partial charge in [0, 0.05) is 12.6 Å². The van der Waals surface area contributed by atoms with Crippen LogP contribution in [0.4, 0.5) is 0 Å². The van der Waals surface area contributed by atoms with Crippen molar-refractivity contribution >= 4 is 11.3 Å². The van der Waals surface area contributed by atoms with Gasteiger partial charge >= 0.3 is 0 Å². The minimum absolute atomic E-state index is 0.691. The molecule has 4 rings (SSSR count). The van der Waals surface area contributed by atoms with Gasteiger partial charge in [0.2, 0.25) is 0 Å². The maximum atomic E-state index is 12.0. The summed E-state index contributed by atoms with van der Waals surface area (Å²) in [6.45, 7) is 2.47. The number of nitrogens with zero attached hydrogens (tertiary/aromatic N) is 2. The van der Waals surface area contributed by atoms with Crippen molar-refractivity contribution in [2.45, 2.75) is 18.6 Å². The predicted octanol–water partition coefficient (Wildman–Crippen LogP) is 5.47. The van der Waals surface area contributed by atoms with Crippen molar-refractivity contribution in [1.82, 2.24) is 4.98 Å². The zero-order valence-corrected chi connectivity index (χ0v) is 20.0. The number of rotatable bonds is 10. The fraction of sp³-hybridized carbons (Fsp3) is 0.250. The summed E-state index contributed by atoms with van der Waals surface area (Å²) in [7, 11) is 4.42. The average Bonchev–Trinajstić information content (AvgIpc) is 3.31. The van der Waals surface area contributed by atoms with E-state index in [0.29, 0.717) is 6.61 Å². The Labute approximate surface area is 200 Å². The van der Waals surface area contributed by atoms with Crippen LogP contribution in [0.5, 0.6) is 5.75 Å². The maximum absolute atomic E-state index is 12.0. The van der Waals surface area contributed by atoms with Crippen LogP contribution in [0, 0.1) is 0 Å². The van der Waals surface area contributed by atoms with E-state index in [1.54, 1.807) is 11.3 Å². The highest BCUT2D eigenvalue weighted by Crippen LogP contribution is 2.39. The zero-order valence-electron chi connectivity index (χ0n) is 19.2. The minimum atomic E-state index is -1.22. The summed E-state index contributed by atoms with van der Waals surface area (Å²) < 4.78 is 6.65. The van der Waals surface area contributed by atoms with Crippen molar-refractivity contribution in [2.24, 2.45) is 0 Å². The molecule has 0 aliphatic heterocycles. The number of hydrogen-bond donors (Lipinski definition) is 1. The number of aliphatic hydroxyl groups is 1. The van der Waals surface area contributed by atoms with Crippen molar-refractivity contribution in [3.63, 3.8) is 0 Å². The largest absolute Gasteiger partial charge is 0.493 e. The summed E-state index contributed by atoms with van der Waals surface area (Å²) in [5.41, 5.74) is 0.468. The van der Waals surface area contributed by atoms with Gasteiger partial charge in [0.1, 0.15) is 17.3 Å². The van der Waals surface area contributed by atoms with Crippen LogP contribution in [0.3, 0.4) is 0 Å². The van der Waals surface area contributed by atoms with E-state index in [4.69, 9.17) is 9.72 Å². The Bertz CT molecular complexity index is 1090. The maximum Gasteiger partial charge on any atom is 0.151 e. The molecule has 0 spiro atoms. The van der Waals surface area contributed by atoms with Crippen LogP contribution in [0.25, 0.3) is 0 Å². The second kappa shape index (κ2) is 10.3. The van der Waals surface area contributed by atoms with Crippen molar-refractivity contribution in [2.75, 3.05) is 27.2 Å². The van der Waals surface area contributed by atoms with Crippen LogP contribution in [0.15, 0.2) is 97.2 Å². The van der Waals surface area contributed by atoms with Gasteiger partial charge in [-0.3, -0.25) is 0 Å². The van der Waals surface area contributed by atoms with E-state index >= 15 is 0 Å². The summed E-state index contributed by atoms with van der Waals surface area (Å²) >= 11 is 1.58. The second-order valence-electron chi connectivity index (χ2n) is 8.89. The van der Waals surface area contributed by atoms with Gasteiger partial charge in [0.05, 0.1) is 32.1 Å². The lowest BCUT2D eigenvalue weighted by Gasteiger charge is -2.29. The number of aromatic nitrogens is 1. The Morgan fingerprint density at radius 3 is 1.97 bits per heavy atom. The molecule has 4 aromatic rings. The molecule has 0 radical (unpaired) electrons. The van der Waals surface area contributed by atoms with Crippen molar-refractivity contribution in [3.8, 4) is 5.75 Å². The average molecular weight is 460 g/mol. The third kappa shape index (κ3) is 5.69. The van der Waals surface area contributed by atoms with E-state index in [0.717, 1.165) is 50.8 Å². The van der Waals surface area contributed by atoms with E-state index in [1.807, 2.05) is 97.2 Å². The fourth-order valence-electron chi connectivity index (χ4n) is 4.01. The fourth-order valence-corrected chi connectivity index (χ4v) is 5.27. The Morgan fingerprint density at radius 1 is 0.848 bits per heavy atom. The molecule has 0 saturated carbocycles. The Kier molecular flexibility index (Phi) is 7.23. The van der Waals surface area contributed by atoms with Gasteiger partial charge in [0.15, 0.2) is 5.60 Å². The molecule has 0 saturated heterocycles. The highest BCUT2D eigenvalue weighted by atomic mass is 32.1. The molecule has 0 fully saturated rings.